The summed E-state index contributed by atoms with van der Waals surface area (Å²) < 4.78 is 6.83. The first kappa shape index (κ1) is 13.5. The monoisotopic (exact) mass is 285 g/mol. The van der Waals surface area contributed by atoms with Gasteiger partial charge >= 0.3 is 0 Å². The first-order valence-electron chi connectivity index (χ1n) is 5.71. The van der Waals surface area contributed by atoms with Gasteiger partial charge in [0.05, 0.1) is 0 Å². The van der Waals surface area contributed by atoms with Gasteiger partial charge in [-0.15, -0.1) is 0 Å². The second kappa shape index (κ2) is 6.92. The number of ether oxygens (including phenoxy) is 1. The molecule has 1 rings (SSSR count). The maximum atomic E-state index is 5.78. The molecule has 1 atom stereocenters. The van der Waals surface area contributed by atoms with Crippen molar-refractivity contribution in [2.45, 2.75) is 26.9 Å². The summed E-state index contributed by atoms with van der Waals surface area (Å²) in [4.78, 5) is 0. The highest BCUT2D eigenvalue weighted by molar-refractivity contribution is 9.10. The molecule has 0 aliphatic rings. The van der Waals surface area contributed by atoms with E-state index in [9.17, 15) is 0 Å². The summed E-state index contributed by atoms with van der Waals surface area (Å²) in [5.74, 6) is 1.59. The topological polar surface area (TPSA) is 21.3 Å². The molecule has 90 valence electrons. The fourth-order valence-corrected chi connectivity index (χ4v) is 1.77. The third-order valence-electron chi connectivity index (χ3n) is 2.12. The number of rotatable bonds is 6. The normalized spacial score (nSPS) is 12.8. The van der Waals surface area contributed by atoms with Crippen LogP contribution >= 0.6 is 15.9 Å². The third-order valence-corrected chi connectivity index (χ3v) is 2.61. The highest BCUT2D eigenvalue weighted by Gasteiger charge is 2.04. The van der Waals surface area contributed by atoms with Gasteiger partial charge in [0, 0.05) is 11.0 Å². The van der Waals surface area contributed by atoms with E-state index in [4.69, 9.17) is 4.74 Å². The molecule has 0 heterocycles. The van der Waals surface area contributed by atoms with Crippen LogP contribution in [0.4, 0.5) is 0 Å². The summed E-state index contributed by atoms with van der Waals surface area (Å²) in [6.07, 6.45) is 0.188. The number of nitrogens with one attached hydrogen (secondary N) is 1. The molecule has 0 aliphatic heterocycles. The number of benzene rings is 1. The molecule has 1 aromatic rings. The Morgan fingerprint density at radius 1 is 1.25 bits per heavy atom. The van der Waals surface area contributed by atoms with Crippen molar-refractivity contribution in [1.82, 2.24) is 5.32 Å². The van der Waals surface area contributed by atoms with Crippen molar-refractivity contribution in [2.75, 3.05) is 13.1 Å². The quantitative estimate of drug-likeness (QED) is 0.864. The van der Waals surface area contributed by atoms with E-state index in [0.717, 1.165) is 23.3 Å². The highest BCUT2D eigenvalue weighted by atomic mass is 79.9. The second-order valence-corrected chi connectivity index (χ2v) is 5.35. The number of hydrogen-bond donors (Lipinski definition) is 1. The standard InChI is InChI=1S/C13H20BrNO/c1-10(2)8-15-9-11(3)16-13-6-4-5-12(14)7-13/h4-7,10-11,15H,8-9H2,1-3H3. The van der Waals surface area contributed by atoms with Crippen LogP contribution in [0.15, 0.2) is 28.7 Å². The van der Waals surface area contributed by atoms with Crippen molar-refractivity contribution in [1.29, 1.82) is 0 Å². The molecule has 1 aromatic carbocycles. The van der Waals surface area contributed by atoms with E-state index in [1.54, 1.807) is 0 Å². The summed E-state index contributed by atoms with van der Waals surface area (Å²) in [5.41, 5.74) is 0. The fraction of sp³-hybridized carbons (Fsp3) is 0.538. The largest absolute Gasteiger partial charge is 0.489 e. The highest BCUT2D eigenvalue weighted by Crippen LogP contribution is 2.18. The van der Waals surface area contributed by atoms with Crippen molar-refractivity contribution < 1.29 is 4.74 Å². The van der Waals surface area contributed by atoms with Crippen LogP contribution in [-0.4, -0.2) is 19.2 Å². The summed E-state index contributed by atoms with van der Waals surface area (Å²) >= 11 is 3.43. The second-order valence-electron chi connectivity index (χ2n) is 4.44. The Balaban J connectivity index is 2.31. The number of halogens is 1. The van der Waals surface area contributed by atoms with Crippen LogP contribution in [0.5, 0.6) is 5.75 Å². The molecule has 1 unspecified atom stereocenters. The van der Waals surface area contributed by atoms with E-state index in [2.05, 4.69) is 42.0 Å². The van der Waals surface area contributed by atoms with Crippen LogP contribution in [0.2, 0.25) is 0 Å². The van der Waals surface area contributed by atoms with Crippen LogP contribution in [0.3, 0.4) is 0 Å². The SMILES string of the molecule is CC(C)CNCC(C)Oc1cccc(Br)c1. The zero-order valence-electron chi connectivity index (χ0n) is 10.2. The zero-order chi connectivity index (χ0) is 12.0. The number of hydrogen-bond acceptors (Lipinski definition) is 2. The minimum absolute atomic E-state index is 0.188. The first-order chi connectivity index (χ1) is 7.58. The molecule has 0 aromatic heterocycles. The van der Waals surface area contributed by atoms with Gasteiger partial charge in [0.15, 0.2) is 0 Å². The molecule has 16 heavy (non-hydrogen) atoms. The maximum Gasteiger partial charge on any atom is 0.120 e. The molecule has 0 radical (unpaired) electrons. The molecule has 1 N–H and O–H groups in total. The Labute approximate surface area is 107 Å². The van der Waals surface area contributed by atoms with Gasteiger partial charge < -0.3 is 10.1 Å². The Morgan fingerprint density at radius 2 is 2.00 bits per heavy atom. The zero-order valence-corrected chi connectivity index (χ0v) is 11.8. The van der Waals surface area contributed by atoms with Gasteiger partial charge in [-0.2, -0.15) is 0 Å². The van der Waals surface area contributed by atoms with Crippen molar-refractivity contribution >= 4 is 15.9 Å². The maximum absolute atomic E-state index is 5.78. The van der Waals surface area contributed by atoms with E-state index in [0.29, 0.717) is 5.92 Å². The minimum atomic E-state index is 0.188. The Hall–Kier alpha value is -0.540. The van der Waals surface area contributed by atoms with Gasteiger partial charge in [0.2, 0.25) is 0 Å². The Kier molecular flexibility index (Phi) is 5.85. The predicted octanol–water partition coefficient (Wildman–Crippen LogP) is 3.46. The summed E-state index contributed by atoms with van der Waals surface area (Å²) in [6, 6.07) is 7.94. The third kappa shape index (κ3) is 5.52. The Bertz CT molecular complexity index is 315. The van der Waals surface area contributed by atoms with Gasteiger partial charge in [0.25, 0.3) is 0 Å². The van der Waals surface area contributed by atoms with Crippen molar-refractivity contribution in [3.05, 3.63) is 28.7 Å². The van der Waals surface area contributed by atoms with Gasteiger partial charge in [-0.05, 0) is 37.6 Å². The van der Waals surface area contributed by atoms with Crippen LogP contribution < -0.4 is 10.1 Å². The van der Waals surface area contributed by atoms with Crippen molar-refractivity contribution in [3.8, 4) is 5.75 Å². The molecular formula is C13H20BrNO. The summed E-state index contributed by atoms with van der Waals surface area (Å²) in [5, 5.41) is 3.38. The molecule has 2 nitrogen and oxygen atoms in total. The van der Waals surface area contributed by atoms with E-state index >= 15 is 0 Å². The fourth-order valence-electron chi connectivity index (χ4n) is 1.39. The van der Waals surface area contributed by atoms with Gasteiger partial charge in [-0.25, -0.2) is 0 Å². The van der Waals surface area contributed by atoms with Crippen molar-refractivity contribution in [3.63, 3.8) is 0 Å². The lowest BCUT2D eigenvalue weighted by atomic mass is 10.2. The van der Waals surface area contributed by atoms with Gasteiger partial charge in [-0.3, -0.25) is 0 Å². The molecule has 0 spiro atoms. The van der Waals surface area contributed by atoms with Crippen LogP contribution in [-0.2, 0) is 0 Å². The van der Waals surface area contributed by atoms with Gasteiger partial charge in [-0.1, -0.05) is 35.8 Å². The molecule has 0 amide bonds. The summed E-state index contributed by atoms with van der Waals surface area (Å²) in [6.45, 7) is 8.39. The molecule has 0 fully saturated rings. The van der Waals surface area contributed by atoms with E-state index in [1.165, 1.54) is 0 Å². The first-order valence-corrected chi connectivity index (χ1v) is 6.50. The lowest BCUT2D eigenvalue weighted by Crippen LogP contribution is -2.31. The molecule has 0 saturated carbocycles. The molecular weight excluding hydrogens is 266 g/mol. The predicted molar refractivity (Wildman–Crippen MR) is 71.9 cm³/mol. The Morgan fingerprint density at radius 3 is 2.62 bits per heavy atom. The molecule has 0 aliphatic carbocycles. The van der Waals surface area contributed by atoms with Crippen molar-refractivity contribution in [2.24, 2.45) is 5.92 Å². The van der Waals surface area contributed by atoms with E-state index in [-0.39, 0.29) is 6.10 Å². The average molecular weight is 286 g/mol. The smallest absolute Gasteiger partial charge is 0.120 e. The van der Waals surface area contributed by atoms with Crippen LogP contribution in [0, 0.1) is 5.92 Å². The summed E-state index contributed by atoms with van der Waals surface area (Å²) in [7, 11) is 0. The molecule has 0 bridgehead atoms. The van der Waals surface area contributed by atoms with Crippen LogP contribution in [0.25, 0.3) is 0 Å². The molecule has 0 saturated heterocycles. The van der Waals surface area contributed by atoms with E-state index < -0.39 is 0 Å². The minimum Gasteiger partial charge on any atom is -0.489 e. The van der Waals surface area contributed by atoms with Crippen LogP contribution in [0.1, 0.15) is 20.8 Å². The van der Waals surface area contributed by atoms with E-state index in [1.807, 2.05) is 24.3 Å². The van der Waals surface area contributed by atoms with Gasteiger partial charge in [0.1, 0.15) is 11.9 Å². The average Bonchev–Trinajstić information content (AvgIpc) is 2.16. The molecule has 3 heteroatoms. The lowest BCUT2D eigenvalue weighted by molar-refractivity contribution is 0.215. The lowest BCUT2D eigenvalue weighted by Gasteiger charge is -2.16.